The molecule has 4 heteroatoms. The van der Waals surface area contributed by atoms with Crippen LogP contribution in [0.4, 0.5) is 4.79 Å². The first-order valence-electron chi connectivity index (χ1n) is 3.46. The maximum absolute atomic E-state index is 10.7. The Bertz CT molecular complexity index is 127. The van der Waals surface area contributed by atoms with Crippen molar-refractivity contribution in [3.8, 4) is 0 Å². The Morgan fingerprint density at radius 3 is 3.00 bits per heavy atom. The molecule has 1 aliphatic heterocycles. The molecule has 1 aliphatic rings. The van der Waals surface area contributed by atoms with Crippen molar-refractivity contribution in [2.75, 3.05) is 26.2 Å². The summed E-state index contributed by atoms with van der Waals surface area (Å²) in [5, 5.41) is 0. The van der Waals surface area contributed by atoms with E-state index in [1.54, 1.807) is 4.90 Å². The van der Waals surface area contributed by atoms with Crippen LogP contribution in [0.25, 0.3) is 0 Å². The number of cyclic esters (lactones) is 1. The fraction of sp³-hybridized carbons (Fsp3) is 0.833. The standard InChI is InChI=1S/C6H12N2O2/c7-2-1-3-8-4-5-10-6(8)9/h1-5,7H2. The minimum absolute atomic E-state index is 0.201. The third kappa shape index (κ3) is 1.60. The number of nitrogens with zero attached hydrogens (tertiary/aromatic N) is 1. The van der Waals surface area contributed by atoms with E-state index >= 15 is 0 Å². The molecule has 0 aromatic rings. The van der Waals surface area contributed by atoms with E-state index in [4.69, 9.17) is 10.5 Å². The second-order valence-corrected chi connectivity index (χ2v) is 2.24. The van der Waals surface area contributed by atoms with Crippen molar-refractivity contribution in [3.63, 3.8) is 0 Å². The molecule has 58 valence electrons. The molecular formula is C6H12N2O2. The third-order valence-corrected chi connectivity index (χ3v) is 1.48. The van der Waals surface area contributed by atoms with Gasteiger partial charge in [0.05, 0.1) is 6.54 Å². The highest BCUT2D eigenvalue weighted by atomic mass is 16.6. The van der Waals surface area contributed by atoms with Crippen molar-refractivity contribution in [3.05, 3.63) is 0 Å². The molecule has 1 heterocycles. The van der Waals surface area contributed by atoms with Gasteiger partial charge in [0, 0.05) is 6.54 Å². The Hall–Kier alpha value is -0.770. The normalized spacial score (nSPS) is 17.7. The summed E-state index contributed by atoms with van der Waals surface area (Å²) in [6, 6.07) is 0. The quantitative estimate of drug-likeness (QED) is 0.596. The van der Waals surface area contributed by atoms with Gasteiger partial charge in [0.15, 0.2) is 0 Å². The minimum atomic E-state index is -0.201. The van der Waals surface area contributed by atoms with Gasteiger partial charge >= 0.3 is 6.09 Å². The van der Waals surface area contributed by atoms with Gasteiger partial charge in [0.2, 0.25) is 0 Å². The lowest BCUT2D eigenvalue weighted by atomic mass is 10.4. The summed E-state index contributed by atoms with van der Waals surface area (Å²) in [5.41, 5.74) is 5.27. The first-order valence-corrected chi connectivity index (χ1v) is 3.46. The number of carbonyl (C=O) groups is 1. The molecule has 1 saturated heterocycles. The Labute approximate surface area is 59.9 Å². The van der Waals surface area contributed by atoms with Crippen molar-refractivity contribution in [2.45, 2.75) is 6.42 Å². The molecule has 10 heavy (non-hydrogen) atoms. The van der Waals surface area contributed by atoms with Crippen LogP contribution in [0.1, 0.15) is 6.42 Å². The number of carbonyl (C=O) groups excluding carboxylic acids is 1. The highest BCUT2D eigenvalue weighted by Gasteiger charge is 2.20. The topological polar surface area (TPSA) is 55.6 Å². The highest BCUT2D eigenvalue weighted by molar-refractivity contribution is 5.69. The summed E-state index contributed by atoms with van der Waals surface area (Å²) in [7, 11) is 0. The largest absolute Gasteiger partial charge is 0.448 e. The van der Waals surface area contributed by atoms with Crippen molar-refractivity contribution >= 4 is 6.09 Å². The Kier molecular flexibility index (Phi) is 2.50. The molecule has 0 unspecified atom stereocenters. The summed E-state index contributed by atoms with van der Waals surface area (Å²) in [5.74, 6) is 0. The van der Waals surface area contributed by atoms with E-state index < -0.39 is 0 Å². The molecule has 0 aromatic heterocycles. The van der Waals surface area contributed by atoms with E-state index in [1.165, 1.54) is 0 Å². The van der Waals surface area contributed by atoms with Gasteiger partial charge in [-0.2, -0.15) is 0 Å². The molecular weight excluding hydrogens is 132 g/mol. The third-order valence-electron chi connectivity index (χ3n) is 1.48. The average Bonchev–Trinajstić information content (AvgIpc) is 2.31. The first-order chi connectivity index (χ1) is 4.84. The molecule has 2 N–H and O–H groups in total. The second-order valence-electron chi connectivity index (χ2n) is 2.24. The lowest BCUT2D eigenvalue weighted by Crippen LogP contribution is -2.26. The number of ether oxygens (including phenoxy) is 1. The van der Waals surface area contributed by atoms with Crippen LogP contribution in [0.2, 0.25) is 0 Å². The van der Waals surface area contributed by atoms with Crippen LogP contribution in [0.5, 0.6) is 0 Å². The van der Waals surface area contributed by atoms with E-state index in [9.17, 15) is 4.79 Å². The molecule has 1 amide bonds. The zero-order valence-electron chi connectivity index (χ0n) is 5.88. The summed E-state index contributed by atoms with van der Waals surface area (Å²) in [4.78, 5) is 12.4. The summed E-state index contributed by atoms with van der Waals surface area (Å²) in [6.07, 6.45) is 0.656. The van der Waals surface area contributed by atoms with Crippen molar-refractivity contribution < 1.29 is 9.53 Å². The van der Waals surface area contributed by atoms with Gasteiger partial charge in [0.1, 0.15) is 6.61 Å². The molecule has 0 saturated carbocycles. The molecule has 0 aliphatic carbocycles. The number of hydrogen-bond donors (Lipinski definition) is 1. The van der Waals surface area contributed by atoms with Gasteiger partial charge in [-0.3, -0.25) is 0 Å². The molecule has 0 atom stereocenters. The number of amides is 1. The van der Waals surface area contributed by atoms with Crippen molar-refractivity contribution in [1.29, 1.82) is 0 Å². The smallest absolute Gasteiger partial charge is 0.409 e. The second kappa shape index (κ2) is 3.41. The van der Waals surface area contributed by atoms with Gasteiger partial charge < -0.3 is 15.4 Å². The van der Waals surface area contributed by atoms with E-state index in [2.05, 4.69) is 0 Å². The van der Waals surface area contributed by atoms with Crippen LogP contribution in [-0.4, -0.2) is 37.2 Å². The zero-order valence-corrected chi connectivity index (χ0v) is 5.88. The molecule has 0 spiro atoms. The Balaban J connectivity index is 2.20. The number of nitrogens with two attached hydrogens (primary N) is 1. The lowest BCUT2D eigenvalue weighted by molar-refractivity contribution is 0.158. The van der Waals surface area contributed by atoms with E-state index in [0.29, 0.717) is 13.2 Å². The summed E-state index contributed by atoms with van der Waals surface area (Å²) < 4.78 is 4.71. The molecule has 0 radical (unpaired) electrons. The van der Waals surface area contributed by atoms with Crippen LogP contribution in [0, 0.1) is 0 Å². The van der Waals surface area contributed by atoms with Crippen LogP contribution in [0.15, 0.2) is 0 Å². The predicted molar refractivity (Wildman–Crippen MR) is 36.6 cm³/mol. The fourth-order valence-corrected chi connectivity index (χ4v) is 0.911. The fourth-order valence-electron chi connectivity index (χ4n) is 0.911. The van der Waals surface area contributed by atoms with Crippen LogP contribution in [0.3, 0.4) is 0 Å². The van der Waals surface area contributed by atoms with E-state index in [-0.39, 0.29) is 6.09 Å². The maximum Gasteiger partial charge on any atom is 0.409 e. The number of rotatable bonds is 3. The van der Waals surface area contributed by atoms with Gasteiger partial charge in [-0.1, -0.05) is 0 Å². The monoisotopic (exact) mass is 144 g/mol. The highest BCUT2D eigenvalue weighted by Crippen LogP contribution is 2.02. The Morgan fingerprint density at radius 1 is 1.70 bits per heavy atom. The van der Waals surface area contributed by atoms with Crippen molar-refractivity contribution in [1.82, 2.24) is 4.90 Å². The molecule has 1 fully saturated rings. The molecule has 0 bridgehead atoms. The van der Waals surface area contributed by atoms with Crippen LogP contribution < -0.4 is 5.73 Å². The Morgan fingerprint density at radius 2 is 2.50 bits per heavy atom. The predicted octanol–water partition coefficient (Wildman–Crippen LogP) is -0.213. The lowest BCUT2D eigenvalue weighted by Gasteiger charge is -2.10. The number of hydrogen-bond acceptors (Lipinski definition) is 3. The van der Waals surface area contributed by atoms with Crippen molar-refractivity contribution in [2.24, 2.45) is 5.73 Å². The van der Waals surface area contributed by atoms with Crippen LogP contribution >= 0.6 is 0 Å². The molecule has 4 nitrogen and oxygen atoms in total. The summed E-state index contributed by atoms with van der Waals surface area (Å²) >= 11 is 0. The SMILES string of the molecule is NCCCN1CCOC1=O. The minimum Gasteiger partial charge on any atom is -0.448 e. The maximum atomic E-state index is 10.7. The van der Waals surface area contributed by atoms with Gasteiger partial charge in [-0.15, -0.1) is 0 Å². The van der Waals surface area contributed by atoms with Gasteiger partial charge in [-0.25, -0.2) is 4.79 Å². The van der Waals surface area contributed by atoms with E-state index in [1.807, 2.05) is 0 Å². The van der Waals surface area contributed by atoms with E-state index in [0.717, 1.165) is 19.5 Å². The summed E-state index contributed by atoms with van der Waals surface area (Å²) in [6.45, 7) is 2.61. The van der Waals surface area contributed by atoms with Crippen LogP contribution in [-0.2, 0) is 4.74 Å². The van der Waals surface area contributed by atoms with Gasteiger partial charge in [0.25, 0.3) is 0 Å². The average molecular weight is 144 g/mol. The molecule has 1 rings (SSSR count). The zero-order chi connectivity index (χ0) is 7.40. The first kappa shape index (κ1) is 7.34. The molecule has 0 aromatic carbocycles. The van der Waals surface area contributed by atoms with Gasteiger partial charge in [-0.05, 0) is 13.0 Å².